The van der Waals surface area contributed by atoms with E-state index in [0.717, 1.165) is 0 Å². The number of nitrogens with one attached hydrogen (secondary N) is 1. The Morgan fingerprint density at radius 1 is 1.53 bits per heavy atom. The number of ether oxygens (including phenoxy) is 1. The van der Waals surface area contributed by atoms with Crippen LogP contribution in [-0.2, 0) is 4.74 Å². The zero-order valence-corrected chi connectivity index (χ0v) is 11.3. The maximum absolute atomic E-state index is 11.6. The molecule has 7 heteroatoms. The molecule has 0 amide bonds. The molecule has 0 aliphatic heterocycles. The van der Waals surface area contributed by atoms with Crippen LogP contribution in [0.25, 0.3) is 5.82 Å². The highest BCUT2D eigenvalue weighted by Crippen LogP contribution is 2.21. The van der Waals surface area contributed by atoms with Gasteiger partial charge in [-0.3, -0.25) is 0 Å². The molecule has 100 valence electrons. The Balaban J connectivity index is 2.35. The van der Waals surface area contributed by atoms with Crippen LogP contribution >= 0.6 is 11.6 Å². The Labute approximate surface area is 115 Å². The van der Waals surface area contributed by atoms with Crippen LogP contribution in [0.3, 0.4) is 0 Å². The van der Waals surface area contributed by atoms with Gasteiger partial charge in [0.1, 0.15) is 0 Å². The van der Waals surface area contributed by atoms with Crippen molar-refractivity contribution in [1.29, 1.82) is 0 Å². The van der Waals surface area contributed by atoms with Gasteiger partial charge in [0.15, 0.2) is 5.82 Å². The minimum Gasteiger partial charge on any atom is -0.462 e. The largest absolute Gasteiger partial charge is 0.462 e. The van der Waals surface area contributed by atoms with E-state index in [4.69, 9.17) is 16.3 Å². The second kappa shape index (κ2) is 5.71. The van der Waals surface area contributed by atoms with Crippen molar-refractivity contribution in [2.45, 2.75) is 6.92 Å². The fraction of sp³-hybridized carbons (Fsp3) is 0.250. The third-order valence-electron chi connectivity index (χ3n) is 2.41. The lowest BCUT2D eigenvalue weighted by Crippen LogP contribution is -2.05. The topological polar surface area (TPSA) is 69.0 Å². The van der Waals surface area contributed by atoms with E-state index in [1.54, 1.807) is 26.2 Å². The summed E-state index contributed by atoms with van der Waals surface area (Å²) >= 11 is 5.87. The SMILES string of the molecule is CCOC(=O)c1cnn(-c2ncc(Cl)cc2NC)c1. The van der Waals surface area contributed by atoms with Gasteiger partial charge in [0.05, 0.1) is 29.1 Å². The molecular formula is C12H13ClN4O2. The number of anilines is 1. The van der Waals surface area contributed by atoms with Crippen LogP contribution in [0.5, 0.6) is 0 Å². The van der Waals surface area contributed by atoms with Crippen molar-refractivity contribution < 1.29 is 9.53 Å². The molecule has 2 aromatic heterocycles. The molecule has 19 heavy (non-hydrogen) atoms. The summed E-state index contributed by atoms with van der Waals surface area (Å²) in [5.41, 5.74) is 1.09. The van der Waals surface area contributed by atoms with Gasteiger partial charge in [0.25, 0.3) is 0 Å². The molecule has 0 aromatic carbocycles. The summed E-state index contributed by atoms with van der Waals surface area (Å²) < 4.78 is 6.40. The molecule has 0 bridgehead atoms. The van der Waals surface area contributed by atoms with E-state index in [-0.39, 0.29) is 0 Å². The van der Waals surface area contributed by atoms with Crippen molar-refractivity contribution >= 4 is 23.3 Å². The van der Waals surface area contributed by atoms with Gasteiger partial charge in [-0.15, -0.1) is 0 Å². The molecule has 0 unspecified atom stereocenters. The van der Waals surface area contributed by atoms with Gasteiger partial charge >= 0.3 is 5.97 Å². The number of carbonyl (C=O) groups is 1. The number of pyridine rings is 1. The Bertz CT molecular complexity index is 597. The average Bonchev–Trinajstić information content (AvgIpc) is 2.88. The molecule has 0 spiro atoms. The van der Waals surface area contributed by atoms with Crippen LogP contribution in [0, 0.1) is 0 Å². The minimum atomic E-state index is -0.409. The quantitative estimate of drug-likeness (QED) is 0.869. The molecule has 6 nitrogen and oxygen atoms in total. The summed E-state index contributed by atoms with van der Waals surface area (Å²) in [6, 6.07) is 1.73. The van der Waals surface area contributed by atoms with Crippen LogP contribution < -0.4 is 5.32 Å². The van der Waals surface area contributed by atoms with Crippen LogP contribution in [-0.4, -0.2) is 34.4 Å². The van der Waals surface area contributed by atoms with Crippen molar-refractivity contribution in [3.8, 4) is 5.82 Å². The van der Waals surface area contributed by atoms with Gasteiger partial charge in [0, 0.05) is 19.4 Å². The predicted octanol–water partition coefficient (Wildman–Crippen LogP) is 2.14. The van der Waals surface area contributed by atoms with Gasteiger partial charge in [-0.05, 0) is 13.0 Å². The summed E-state index contributed by atoms with van der Waals surface area (Å²) in [7, 11) is 1.76. The molecule has 2 aromatic rings. The van der Waals surface area contributed by atoms with E-state index < -0.39 is 5.97 Å². The lowest BCUT2D eigenvalue weighted by atomic mass is 10.3. The van der Waals surface area contributed by atoms with Gasteiger partial charge in [-0.2, -0.15) is 5.10 Å². The fourth-order valence-electron chi connectivity index (χ4n) is 1.56. The van der Waals surface area contributed by atoms with E-state index in [1.165, 1.54) is 17.1 Å². The number of nitrogens with zero attached hydrogens (tertiary/aromatic N) is 3. The highest BCUT2D eigenvalue weighted by atomic mass is 35.5. The average molecular weight is 281 g/mol. The summed E-state index contributed by atoms with van der Waals surface area (Å²) in [6.45, 7) is 2.08. The van der Waals surface area contributed by atoms with Crippen LogP contribution in [0.2, 0.25) is 5.02 Å². The van der Waals surface area contributed by atoms with Crippen LogP contribution in [0.1, 0.15) is 17.3 Å². The Morgan fingerprint density at radius 2 is 2.32 bits per heavy atom. The van der Waals surface area contributed by atoms with Crippen molar-refractivity contribution in [2.75, 3.05) is 19.0 Å². The molecule has 2 heterocycles. The molecule has 0 radical (unpaired) electrons. The number of rotatable bonds is 4. The van der Waals surface area contributed by atoms with E-state index in [2.05, 4.69) is 15.4 Å². The zero-order valence-electron chi connectivity index (χ0n) is 10.6. The Kier molecular flexibility index (Phi) is 4.01. The minimum absolute atomic E-state index is 0.324. The molecule has 1 N–H and O–H groups in total. The van der Waals surface area contributed by atoms with Gasteiger partial charge in [-0.1, -0.05) is 11.6 Å². The highest BCUT2D eigenvalue weighted by molar-refractivity contribution is 6.30. The standard InChI is InChI=1S/C12H13ClN4O2/c1-3-19-12(18)8-5-16-17(7-8)11-10(14-2)4-9(13)6-15-11/h4-7,14H,3H2,1-2H3. The molecule has 0 saturated heterocycles. The Hall–Kier alpha value is -2.08. The fourth-order valence-corrected chi connectivity index (χ4v) is 1.71. The first-order valence-electron chi connectivity index (χ1n) is 5.71. The Morgan fingerprint density at radius 3 is 3.00 bits per heavy atom. The summed E-state index contributed by atoms with van der Waals surface area (Å²) in [6.07, 6.45) is 4.52. The molecule has 0 aliphatic rings. The third kappa shape index (κ3) is 2.85. The predicted molar refractivity (Wildman–Crippen MR) is 71.9 cm³/mol. The molecule has 0 fully saturated rings. The normalized spacial score (nSPS) is 10.3. The van der Waals surface area contributed by atoms with Crippen LogP contribution in [0.15, 0.2) is 24.7 Å². The summed E-state index contributed by atoms with van der Waals surface area (Å²) in [5, 5.41) is 7.59. The lowest BCUT2D eigenvalue weighted by Gasteiger charge is -2.07. The zero-order chi connectivity index (χ0) is 13.8. The van der Waals surface area contributed by atoms with E-state index >= 15 is 0 Å². The first-order chi connectivity index (χ1) is 9.15. The number of hydrogen-bond acceptors (Lipinski definition) is 5. The molecule has 0 saturated carbocycles. The number of carbonyl (C=O) groups excluding carboxylic acids is 1. The monoisotopic (exact) mass is 280 g/mol. The van der Waals surface area contributed by atoms with Crippen LogP contribution in [0.4, 0.5) is 5.69 Å². The first-order valence-corrected chi connectivity index (χ1v) is 6.09. The van der Waals surface area contributed by atoms with Crippen molar-refractivity contribution in [3.63, 3.8) is 0 Å². The molecule has 0 atom stereocenters. The number of aromatic nitrogens is 3. The van der Waals surface area contributed by atoms with Gasteiger partial charge < -0.3 is 10.1 Å². The lowest BCUT2D eigenvalue weighted by molar-refractivity contribution is 0.0526. The van der Waals surface area contributed by atoms with Gasteiger partial charge in [-0.25, -0.2) is 14.5 Å². The maximum Gasteiger partial charge on any atom is 0.341 e. The summed E-state index contributed by atoms with van der Waals surface area (Å²) in [5.74, 6) is 0.149. The summed E-state index contributed by atoms with van der Waals surface area (Å²) in [4.78, 5) is 15.8. The van der Waals surface area contributed by atoms with Crippen molar-refractivity contribution in [3.05, 3.63) is 35.2 Å². The number of hydrogen-bond donors (Lipinski definition) is 1. The third-order valence-corrected chi connectivity index (χ3v) is 2.62. The van der Waals surface area contributed by atoms with Crippen molar-refractivity contribution in [2.24, 2.45) is 0 Å². The van der Waals surface area contributed by atoms with E-state index in [0.29, 0.717) is 28.7 Å². The molecule has 2 rings (SSSR count). The maximum atomic E-state index is 11.6. The smallest absolute Gasteiger partial charge is 0.341 e. The van der Waals surface area contributed by atoms with E-state index in [9.17, 15) is 4.79 Å². The van der Waals surface area contributed by atoms with Gasteiger partial charge in [0.2, 0.25) is 0 Å². The first kappa shape index (κ1) is 13.4. The second-order valence-electron chi connectivity index (χ2n) is 3.67. The number of halogens is 1. The molecule has 0 aliphatic carbocycles. The van der Waals surface area contributed by atoms with Crippen molar-refractivity contribution in [1.82, 2.24) is 14.8 Å². The number of esters is 1. The molecular weight excluding hydrogens is 268 g/mol. The van der Waals surface area contributed by atoms with E-state index in [1.807, 2.05) is 0 Å². The highest BCUT2D eigenvalue weighted by Gasteiger charge is 2.13. The second-order valence-corrected chi connectivity index (χ2v) is 4.11.